The Bertz CT molecular complexity index is 651. The van der Waals surface area contributed by atoms with Gasteiger partial charge in [-0.25, -0.2) is 8.78 Å². The van der Waals surface area contributed by atoms with E-state index in [1.54, 1.807) is 18.0 Å². The van der Waals surface area contributed by atoms with Gasteiger partial charge in [0.25, 0.3) is 0 Å². The molecule has 21 heavy (non-hydrogen) atoms. The fourth-order valence-corrected chi connectivity index (χ4v) is 2.65. The van der Waals surface area contributed by atoms with E-state index in [1.165, 1.54) is 0 Å². The summed E-state index contributed by atoms with van der Waals surface area (Å²) in [4.78, 5) is 0. The molecule has 2 aromatic rings. The van der Waals surface area contributed by atoms with Crippen molar-refractivity contribution in [1.82, 2.24) is 9.78 Å². The van der Waals surface area contributed by atoms with Crippen molar-refractivity contribution in [2.75, 3.05) is 13.7 Å². The van der Waals surface area contributed by atoms with Gasteiger partial charge in [0, 0.05) is 12.7 Å². The van der Waals surface area contributed by atoms with Gasteiger partial charge in [0.05, 0.1) is 40.6 Å². The van der Waals surface area contributed by atoms with Crippen LogP contribution in [0.25, 0.3) is 0 Å². The van der Waals surface area contributed by atoms with E-state index in [-0.39, 0.29) is 10.6 Å². The van der Waals surface area contributed by atoms with Crippen LogP contribution in [0.1, 0.15) is 17.3 Å². The first-order valence-corrected chi connectivity index (χ1v) is 7.23. The van der Waals surface area contributed by atoms with Crippen LogP contribution >= 0.6 is 27.5 Å². The van der Waals surface area contributed by atoms with Gasteiger partial charge in [-0.15, -0.1) is 0 Å². The molecule has 114 valence electrons. The van der Waals surface area contributed by atoms with Crippen LogP contribution in [0.3, 0.4) is 0 Å². The number of hydrogen-bond donors (Lipinski definition) is 1. The van der Waals surface area contributed by atoms with Crippen molar-refractivity contribution in [3.05, 3.63) is 50.7 Å². The maximum atomic E-state index is 14.0. The number of nitrogens with zero attached hydrogens (tertiary/aromatic N) is 2. The first kappa shape index (κ1) is 16.4. The molecule has 1 atom stereocenters. The summed E-state index contributed by atoms with van der Waals surface area (Å²) in [6.07, 6.45) is 1.55. The number of benzene rings is 1. The largest absolute Gasteiger partial charge is 0.383 e. The Hall–Kier alpha value is -1.02. The average molecular weight is 381 g/mol. The first-order chi connectivity index (χ1) is 9.95. The SMILES string of the molecule is COCCn1ncc(Br)c1C(N)c1cc(F)c(Cl)cc1F. The molecular formula is C13H13BrClF2N3O. The smallest absolute Gasteiger partial charge is 0.142 e. The van der Waals surface area contributed by atoms with E-state index < -0.39 is 17.7 Å². The predicted octanol–water partition coefficient (Wildman–Crippen LogP) is 3.27. The lowest BCUT2D eigenvalue weighted by Gasteiger charge is -2.16. The molecule has 0 saturated carbocycles. The number of nitrogens with two attached hydrogens (primary N) is 1. The zero-order valence-electron chi connectivity index (χ0n) is 11.1. The molecule has 0 aliphatic carbocycles. The molecule has 4 nitrogen and oxygen atoms in total. The van der Waals surface area contributed by atoms with Crippen molar-refractivity contribution in [3.63, 3.8) is 0 Å². The Kier molecular flexibility index (Phi) is 5.32. The van der Waals surface area contributed by atoms with E-state index in [2.05, 4.69) is 21.0 Å². The zero-order valence-corrected chi connectivity index (χ0v) is 13.5. The number of methoxy groups -OCH3 is 1. The summed E-state index contributed by atoms with van der Waals surface area (Å²) in [7, 11) is 1.56. The van der Waals surface area contributed by atoms with Gasteiger partial charge in [0.1, 0.15) is 11.6 Å². The van der Waals surface area contributed by atoms with E-state index in [0.717, 1.165) is 12.1 Å². The van der Waals surface area contributed by atoms with Crippen LogP contribution in [-0.2, 0) is 11.3 Å². The highest BCUT2D eigenvalue weighted by Gasteiger charge is 2.22. The summed E-state index contributed by atoms with van der Waals surface area (Å²) in [5.41, 5.74) is 6.62. The van der Waals surface area contributed by atoms with Crippen LogP contribution < -0.4 is 5.73 Å². The highest BCUT2D eigenvalue weighted by molar-refractivity contribution is 9.10. The lowest BCUT2D eigenvalue weighted by Crippen LogP contribution is -2.20. The minimum Gasteiger partial charge on any atom is -0.383 e. The Labute approximate surface area is 134 Å². The molecule has 0 bridgehead atoms. The molecule has 0 fully saturated rings. The maximum Gasteiger partial charge on any atom is 0.142 e. The van der Waals surface area contributed by atoms with Gasteiger partial charge in [0.15, 0.2) is 0 Å². The second-order valence-corrected chi connectivity index (χ2v) is 5.62. The van der Waals surface area contributed by atoms with Gasteiger partial charge in [-0.1, -0.05) is 11.6 Å². The van der Waals surface area contributed by atoms with Gasteiger partial charge >= 0.3 is 0 Å². The minimum atomic E-state index is -0.884. The van der Waals surface area contributed by atoms with E-state index in [4.69, 9.17) is 22.1 Å². The molecule has 8 heteroatoms. The lowest BCUT2D eigenvalue weighted by atomic mass is 10.0. The summed E-state index contributed by atoms with van der Waals surface area (Å²) in [5.74, 6) is -1.39. The summed E-state index contributed by atoms with van der Waals surface area (Å²) < 4.78 is 34.7. The molecule has 0 radical (unpaired) electrons. The van der Waals surface area contributed by atoms with E-state index in [0.29, 0.717) is 23.3 Å². The van der Waals surface area contributed by atoms with Crippen molar-refractivity contribution in [2.24, 2.45) is 5.73 Å². The Balaban J connectivity index is 2.42. The number of aromatic nitrogens is 2. The third-order valence-corrected chi connectivity index (χ3v) is 3.91. The highest BCUT2D eigenvalue weighted by atomic mass is 79.9. The summed E-state index contributed by atoms with van der Waals surface area (Å²) in [6.45, 7) is 0.869. The van der Waals surface area contributed by atoms with Gasteiger partial charge in [-0.2, -0.15) is 5.10 Å². The molecule has 2 N–H and O–H groups in total. The van der Waals surface area contributed by atoms with Crippen molar-refractivity contribution in [2.45, 2.75) is 12.6 Å². The molecule has 1 aromatic carbocycles. The van der Waals surface area contributed by atoms with Crippen LogP contribution in [0.5, 0.6) is 0 Å². The topological polar surface area (TPSA) is 53.1 Å². The Morgan fingerprint density at radius 2 is 2.14 bits per heavy atom. The van der Waals surface area contributed by atoms with Gasteiger partial charge in [-0.05, 0) is 28.1 Å². The van der Waals surface area contributed by atoms with Gasteiger partial charge in [-0.3, -0.25) is 4.68 Å². The third kappa shape index (κ3) is 3.42. The molecule has 1 heterocycles. The number of hydrogen-bond acceptors (Lipinski definition) is 3. The normalized spacial score (nSPS) is 12.7. The van der Waals surface area contributed by atoms with Crippen molar-refractivity contribution < 1.29 is 13.5 Å². The standard InChI is InChI=1S/C13H13BrClF2N3O/c1-21-3-2-20-13(8(14)6-19-20)12(18)7-4-11(17)9(15)5-10(7)16/h4-6,12H,2-3,18H2,1H3. The van der Waals surface area contributed by atoms with E-state index in [9.17, 15) is 8.78 Å². The molecule has 0 spiro atoms. The molecule has 1 aromatic heterocycles. The summed E-state index contributed by atoms with van der Waals surface area (Å²) in [6, 6.07) is 1.03. The van der Waals surface area contributed by atoms with Crippen LogP contribution in [0.15, 0.2) is 22.8 Å². The van der Waals surface area contributed by atoms with Crippen LogP contribution in [0.4, 0.5) is 8.78 Å². The van der Waals surface area contributed by atoms with Crippen molar-refractivity contribution in [3.8, 4) is 0 Å². The Morgan fingerprint density at radius 3 is 2.81 bits per heavy atom. The predicted molar refractivity (Wildman–Crippen MR) is 79.2 cm³/mol. The van der Waals surface area contributed by atoms with Crippen LogP contribution in [-0.4, -0.2) is 23.5 Å². The fourth-order valence-electron chi connectivity index (χ4n) is 1.96. The second-order valence-electron chi connectivity index (χ2n) is 4.36. The van der Waals surface area contributed by atoms with Crippen molar-refractivity contribution >= 4 is 27.5 Å². The first-order valence-electron chi connectivity index (χ1n) is 6.05. The molecular weight excluding hydrogens is 368 g/mol. The number of halogens is 4. The zero-order chi connectivity index (χ0) is 15.6. The highest BCUT2D eigenvalue weighted by Crippen LogP contribution is 2.30. The molecule has 1 unspecified atom stereocenters. The summed E-state index contributed by atoms with van der Waals surface area (Å²) >= 11 is 8.87. The molecule has 0 amide bonds. The van der Waals surface area contributed by atoms with Crippen LogP contribution in [0, 0.1) is 11.6 Å². The minimum absolute atomic E-state index is 0.0109. The molecule has 0 aliphatic rings. The lowest BCUT2D eigenvalue weighted by molar-refractivity contribution is 0.182. The maximum absolute atomic E-state index is 14.0. The Morgan fingerprint density at radius 1 is 1.43 bits per heavy atom. The fraction of sp³-hybridized carbons (Fsp3) is 0.308. The number of ether oxygens (including phenoxy) is 1. The monoisotopic (exact) mass is 379 g/mol. The third-order valence-electron chi connectivity index (χ3n) is 3.01. The molecule has 0 saturated heterocycles. The molecule has 2 rings (SSSR count). The molecule has 0 aliphatic heterocycles. The van der Waals surface area contributed by atoms with Gasteiger partial charge < -0.3 is 10.5 Å². The van der Waals surface area contributed by atoms with E-state index in [1.807, 2.05) is 0 Å². The quantitative estimate of drug-likeness (QED) is 0.810. The average Bonchev–Trinajstić information content (AvgIpc) is 2.81. The summed E-state index contributed by atoms with van der Waals surface area (Å²) in [5, 5.41) is 3.85. The van der Waals surface area contributed by atoms with Crippen molar-refractivity contribution in [1.29, 1.82) is 0 Å². The van der Waals surface area contributed by atoms with Crippen LogP contribution in [0.2, 0.25) is 5.02 Å². The number of rotatable bonds is 5. The van der Waals surface area contributed by atoms with Gasteiger partial charge in [0.2, 0.25) is 0 Å². The van der Waals surface area contributed by atoms with E-state index >= 15 is 0 Å². The second kappa shape index (κ2) is 6.83.